The van der Waals surface area contributed by atoms with Crippen molar-refractivity contribution in [1.82, 2.24) is 5.32 Å². The summed E-state index contributed by atoms with van der Waals surface area (Å²) in [5.74, 6) is 0. The molecule has 2 rings (SSSR count). The SMILES string of the molecule is NC(=O)NC1CCN(c2ccccc2)C1. The fourth-order valence-electron chi connectivity index (χ4n) is 1.95. The Labute approximate surface area is 89.1 Å². The Morgan fingerprint density at radius 1 is 1.40 bits per heavy atom. The zero-order chi connectivity index (χ0) is 10.7. The number of urea groups is 1. The summed E-state index contributed by atoms with van der Waals surface area (Å²) in [6.45, 7) is 1.81. The fraction of sp³-hybridized carbons (Fsp3) is 0.364. The molecule has 0 radical (unpaired) electrons. The van der Waals surface area contributed by atoms with Crippen molar-refractivity contribution in [3.63, 3.8) is 0 Å². The third-order valence-corrected chi connectivity index (χ3v) is 2.66. The number of benzene rings is 1. The Hall–Kier alpha value is -1.71. The van der Waals surface area contributed by atoms with Gasteiger partial charge in [-0.25, -0.2) is 4.79 Å². The normalized spacial score (nSPS) is 20.3. The topological polar surface area (TPSA) is 58.4 Å². The molecule has 1 saturated heterocycles. The van der Waals surface area contributed by atoms with E-state index in [4.69, 9.17) is 5.73 Å². The third kappa shape index (κ3) is 2.40. The molecule has 4 heteroatoms. The van der Waals surface area contributed by atoms with Crippen molar-refractivity contribution in [2.45, 2.75) is 12.5 Å². The molecule has 3 N–H and O–H groups in total. The van der Waals surface area contributed by atoms with Crippen molar-refractivity contribution >= 4 is 11.7 Å². The first-order valence-corrected chi connectivity index (χ1v) is 5.11. The highest BCUT2D eigenvalue weighted by molar-refractivity contribution is 5.72. The fourth-order valence-corrected chi connectivity index (χ4v) is 1.95. The molecule has 15 heavy (non-hydrogen) atoms. The van der Waals surface area contributed by atoms with Crippen LogP contribution in [0.5, 0.6) is 0 Å². The van der Waals surface area contributed by atoms with Crippen LogP contribution in [0.1, 0.15) is 6.42 Å². The van der Waals surface area contributed by atoms with Crippen molar-refractivity contribution in [3.8, 4) is 0 Å². The Morgan fingerprint density at radius 2 is 2.13 bits per heavy atom. The van der Waals surface area contributed by atoms with Gasteiger partial charge < -0.3 is 16.0 Å². The second-order valence-corrected chi connectivity index (χ2v) is 3.78. The molecular formula is C11H15N3O. The molecule has 2 amide bonds. The van der Waals surface area contributed by atoms with Crippen LogP contribution in [0.4, 0.5) is 10.5 Å². The van der Waals surface area contributed by atoms with Crippen LogP contribution in [0.25, 0.3) is 0 Å². The van der Waals surface area contributed by atoms with Crippen molar-refractivity contribution < 1.29 is 4.79 Å². The van der Waals surface area contributed by atoms with Crippen LogP contribution in [-0.2, 0) is 0 Å². The summed E-state index contributed by atoms with van der Waals surface area (Å²) in [5, 5.41) is 2.74. The van der Waals surface area contributed by atoms with E-state index in [1.54, 1.807) is 0 Å². The van der Waals surface area contributed by atoms with Gasteiger partial charge in [-0.05, 0) is 18.6 Å². The maximum atomic E-state index is 10.7. The number of nitrogens with one attached hydrogen (secondary N) is 1. The van der Waals surface area contributed by atoms with Crippen molar-refractivity contribution in [2.75, 3.05) is 18.0 Å². The van der Waals surface area contributed by atoms with Crippen molar-refractivity contribution in [3.05, 3.63) is 30.3 Å². The zero-order valence-corrected chi connectivity index (χ0v) is 8.52. The number of rotatable bonds is 2. The lowest BCUT2D eigenvalue weighted by atomic mass is 10.3. The predicted octanol–water partition coefficient (Wildman–Crippen LogP) is 0.934. The summed E-state index contributed by atoms with van der Waals surface area (Å²) >= 11 is 0. The lowest BCUT2D eigenvalue weighted by Crippen LogP contribution is -2.40. The summed E-state index contributed by atoms with van der Waals surface area (Å²) in [4.78, 5) is 12.9. The van der Waals surface area contributed by atoms with E-state index in [1.165, 1.54) is 5.69 Å². The molecule has 1 heterocycles. The lowest BCUT2D eigenvalue weighted by Gasteiger charge is -2.18. The first kappa shape index (κ1) is 9.83. The molecule has 1 aliphatic rings. The Balaban J connectivity index is 1.96. The van der Waals surface area contributed by atoms with E-state index < -0.39 is 6.03 Å². The molecule has 1 atom stereocenters. The van der Waals surface area contributed by atoms with E-state index in [2.05, 4.69) is 22.3 Å². The van der Waals surface area contributed by atoms with E-state index in [1.807, 2.05) is 18.2 Å². The minimum Gasteiger partial charge on any atom is -0.369 e. The van der Waals surface area contributed by atoms with Gasteiger partial charge in [0.1, 0.15) is 0 Å². The van der Waals surface area contributed by atoms with Gasteiger partial charge in [0.15, 0.2) is 0 Å². The largest absolute Gasteiger partial charge is 0.369 e. The van der Waals surface area contributed by atoms with Gasteiger partial charge in [0, 0.05) is 24.8 Å². The molecule has 1 aromatic rings. The summed E-state index contributed by atoms with van der Waals surface area (Å²) in [6.07, 6.45) is 0.956. The van der Waals surface area contributed by atoms with Gasteiger partial charge in [0.05, 0.1) is 0 Å². The van der Waals surface area contributed by atoms with Crippen LogP contribution in [0.2, 0.25) is 0 Å². The van der Waals surface area contributed by atoms with Crippen molar-refractivity contribution in [1.29, 1.82) is 0 Å². The number of amides is 2. The Kier molecular flexibility index (Phi) is 2.76. The van der Waals surface area contributed by atoms with Gasteiger partial charge in [-0.15, -0.1) is 0 Å². The molecule has 80 valence electrons. The van der Waals surface area contributed by atoms with Crippen LogP contribution >= 0.6 is 0 Å². The number of hydrogen-bond acceptors (Lipinski definition) is 2. The minimum atomic E-state index is -0.435. The molecule has 0 saturated carbocycles. The van der Waals surface area contributed by atoms with Crippen molar-refractivity contribution in [2.24, 2.45) is 5.73 Å². The van der Waals surface area contributed by atoms with E-state index in [-0.39, 0.29) is 6.04 Å². The number of anilines is 1. The Bertz CT molecular complexity index is 339. The molecule has 1 aromatic carbocycles. The minimum absolute atomic E-state index is 0.183. The maximum absolute atomic E-state index is 10.7. The summed E-state index contributed by atoms with van der Waals surface area (Å²) in [6, 6.07) is 9.93. The molecule has 1 aliphatic heterocycles. The standard InChI is InChI=1S/C11H15N3O/c12-11(15)13-9-6-7-14(8-9)10-4-2-1-3-5-10/h1-5,9H,6-8H2,(H3,12,13,15). The molecular weight excluding hydrogens is 190 g/mol. The quantitative estimate of drug-likeness (QED) is 0.754. The summed E-state index contributed by atoms with van der Waals surface area (Å²) in [5.41, 5.74) is 6.29. The van der Waals surface area contributed by atoms with Crippen LogP contribution in [0.15, 0.2) is 30.3 Å². The molecule has 0 aromatic heterocycles. The first-order chi connectivity index (χ1) is 7.25. The van der Waals surface area contributed by atoms with Gasteiger partial charge in [0.2, 0.25) is 0 Å². The van der Waals surface area contributed by atoms with Gasteiger partial charge >= 0.3 is 6.03 Å². The van der Waals surface area contributed by atoms with Crippen LogP contribution in [0, 0.1) is 0 Å². The molecule has 0 aliphatic carbocycles. The zero-order valence-electron chi connectivity index (χ0n) is 8.52. The second-order valence-electron chi connectivity index (χ2n) is 3.78. The summed E-state index contributed by atoms with van der Waals surface area (Å²) in [7, 11) is 0. The summed E-state index contributed by atoms with van der Waals surface area (Å²) < 4.78 is 0. The van der Waals surface area contributed by atoms with Gasteiger partial charge in [-0.1, -0.05) is 18.2 Å². The number of primary amides is 1. The van der Waals surface area contributed by atoms with Crippen LogP contribution in [-0.4, -0.2) is 25.2 Å². The number of carbonyl (C=O) groups is 1. The number of nitrogens with two attached hydrogens (primary N) is 1. The third-order valence-electron chi connectivity index (χ3n) is 2.66. The second kappa shape index (κ2) is 4.21. The number of para-hydroxylation sites is 1. The number of carbonyl (C=O) groups excluding carboxylic acids is 1. The number of nitrogens with zero attached hydrogens (tertiary/aromatic N) is 1. The van der Waals surface area contributed by atoms with E-state index >= 15 is 0 Å². The molecule has 0 bridgehead atoms. The lowest BCUT2D eigenvalue weighted by molar-refractivity contribution is 0.246. The van der Waals surface area contributed by atoms with Gasteiger partial charge in [-0.2, -0.15) is 0 Å². The van der Waals surface area contributed by atoms with E-state index in [9.17, 15) is 4.79 Å². The Morgan fingerprint density at radius 3 is 2.80 bits per heavy atom. The highest BCUT2D eigenvalue weighted by atomic mass is 16.2. The first-order valence-electron chi connectivity index (χ1n) is 5.11. The van der Waals surface area contributed by atoms with E-state index in [0.717, 1.165) is 19.5 Å². The van der Waals surface area contributed by atoms with Crippen LogP contribution in [0.3, 0.4) is 0 Å². The molecule has 4 nitrogen and oxygen atoms in total. The predicted molar refractivity (Wildman–Crippen MR) is 59.8 cm³/mol. The molecule has 1 fully saturated rings. The van der Waals surface area contributed by atoms with E-state index in [0.29, 0.717) is 0 Å². The highest BCUT2D eigenvalue weighted by Gasteiger charge is 2.22. The van der Waals surface area contributed by atoms with Gasteiger partial charge in [0.25, 0.3) is 0 Å². The average Bonchev–Trinajstić information content (AvgIpc) is 2.67. The van der Waals surface area contributed by atoms with Gasteiger partial charge in [-0.3, -0.25) is 0 Å². The molecule has 0 spiro atoms. The number of hydrogen-bond donors (Lipinski definition) is 2. The highest BCUT2D eigenvalue weighted by Crippen LogP contribution is 2.19. The average molecular weight is 205 g/mol. The van der Waals surface area contributed by atoms with Crippen LogP contribution < -0.4 is 16.0 Å². The molecule has 1 unspecified atom stereocenters. The smallest absolute Gasteiger partial charge is 0.312 e. The maximum Gasteiger partial charge on any atom is 0.312 e. The monoisotopic (exact) mass is 205 g/mol.